The van der Waals surface area contributed by atoms with Crippen LogP contribution in [0.2, 0.25) is 0 Å². The first kappa shape index (κ1) is 13.9. The summed E-state index contributed by atoms with van der Waals surface area (Å²) >= 11 is 4.64. The van der Waals surface area contributed by atoms with Crippen molar-refractivity contribution in [3.63, 3.8) is 0 Å². The van der Waals surface area contributed by atoms with Gasteiger partial charge in [-0.3, -0.25) is 0 Å². The Balaban J connectivity index is 2.08. The molecule has 2 aromatic rings. The summed E-state index contributed by atoms with van der Waals surface area (Å²) in [6, 6.07) is 7.44. The van der Waals surface area contributed by atoms with E-state index in [0.29, 0.717) is 11.4 Å². The van der Waals surface area contributed by atoms with Crippen molar-refractivity contribution in [1.29, 1.82) is 0 Å². The van der Waals surface area contributed by atoms with Gasteiger partial charge in [0.1, 0.15) is 10.6 Å². The van der Waals surface area contributed by atoms with Gasteiger partial charge in [0.25, 0.3) is 0 Å². The van der Waals surface area contributed by atoms with Crippen LogP contribution in [0.5, 0.6) is 5.75 Å². The van der Waals surface area contributed by atoms with Crippen LogP contribution in [-0.2, 0) is 6.54 Å². The van der Waals surface area contributed by atoms with Gasteiger partial charge < -0.3 is 15.2 Å². The summed E-state index contributed by atoms with van der Waals surface area (Å²) in [4.78, 5) is 11.4. The molecule has 0 unspecified atom stereocenters. The normalized spacial score (nSPS) is 10.2. The third-order valence-electron chi connectivity index (χ3n) is 2.58. The molecule has 0 aliphatic carbocycles. The average molecular weight is 342 g/mol. The number of carboxylic acids is 1. The highest BCUT2D eigenvalue weighted by molar-refractivity contribution is 9.10. The lowest BCUT2D eigenvalue weighted by molar-refractivity contribution is 0.0701. The summed E-state index contributed by atoms with van der Waals surface area (Å²) in [6.45, 7) is 0.476. The number of hydrogen-bond donors (Lipinski definition) is 2. The van der Waals surface area contributed by atoms with Gasteiger partial charge in [-0.25, -0.2) is 4.79 Å². The van der Waals surface area contributed by atoms with Gasteiger partial charge in [-0.1, -0.05) is 0 Å². The van der Waals surface area contributed by atoms with E-state index in [0.717, 1.165) is 21.5 Å². The molecule has 0 saturated heterocycles. The van der Waals surface area contributed by atoms with Gasteiger partial charge in [-0.05, 0) is 51.1 Å². The molecule has 0 amide bonds. The van der Waals surface area contributed by atoms with Crippen LogP contribution in [0.4, 0.5) is 5.69 Å². The number of hydrogen-bond acceptors (Lipinski definition) is 4. The number of rotatable bonds is 5. The summed E-state index contributed by atoms with van der Waals surface area (Å²) in [5.74, 6) is -0.130. The number of carbonyl (C=O) groups is 1. The monoisotopic (exact) mass is 341 g/mol. The molecule has 0 radical (unpaired) electrons. The van der Waals surface area contributed by atoms with Crippen LogP contribution in [0.25, 0.3) is 0 Å². The molecule has 0 spiro atoms. The van der Waals surface area contributed by atoms with E-state index in [1.165, 1.54) is 11.3 Å². The summed E-state index contributed by atoms with van der Waals surface area (Å²) in [5.41, 5.74) is 1.68. The molecule has 0 fully saturated rings. The van der Waals surface area contributed by atoms with Crippen molar-refractivity contribution in [2.45, 2.75) is 6.54 Å². The number of anilines is 1. The van der Waals surface area contributed by atoms with Crippen molar-refractivity contribution < 1.29 is 14.6 Å². The Hall–Kier alpha value is -1.53. The maximum absolute atomic E-state index is 11.0. The summed E-state index contributed by atoms with van der Waals surface area (Å²) in [5, 5.41) is 14.0. The number of halogens is 1. The van der Waals surface area contributed by atoms with Crippen molar-refractivity contribution in [3.05, 3.63) is 44.6 Å². The molecule has 0 atom stereocenters. The average Bonchev–Trinajstić information content (AvgIpc) is 2.85. The number of nitrogens with one attached hydrogen (secondary N) is 1. The zero-order valence-electron chi connectivity index (χ0n) is 10.1. The quantitative estimate of drug-likeness (QED) is 0.867. The van der Waals surface area contributed by atoms with Crippen LogP contribution >= 0.6 is 27.3 Å². The molecule has 0 saturated carbocycles. The van der Waals surface area contributed by atoms with Crippen molar-refractivity contribution in [3.8, 4) is 5.75 Å². The van der Waals surface area contributed by atoms with Crippen LogP contribution < -0.4 is 10.1 Å². The van der Waals surface area contributed by atoms with Crippen molar-refractivity contribution in [1.82, 2.24) is 0 Å². The number of carboxylic acid groups (broad SMARTS) is 1. The SMILES string of the molecule is COc1ccc(NCc2ccsc2C(=O)O)cc1Br. The number of ether oxygens (including phenoxy) is 1. The van der Waals surface area contributed by atoms with Crippen LogP contribution in [0.3, 0.4) is 0 Å². The highest BCUT2D eigenvalue weighted by Gasteiger charge is 2.11. The minimum Gasteiger partial charge on any atom is -0.496 e. The number of aromatic carboxylic acids is 1. The molecule has 0 aliphatic heterocycles. The van der Waals surface area contributed by atoms with E-state index < -0.39 is 5.97 Å². The van der Waals surface area contributed by atoms with Crippen LogP contribution in [-0.4, -0.2) is 18.2 Å². The fourth-order valence-electron chi connectivity index (χ4n) is 1.64. The molecule has 1 aromatic carbocycles. The molecule has 1 heterocycles. The molecule has 6 heteroatoms. The maximum atomic E-state index is 11.0. The molecular weight excluding hydrogens is 330 g/mol. The molecule has 0 aliphatic rings. The first-order chi connectivity index (χ1) is 9.11. The Morgan fingerprint density at radius 3 is 2.89 bits per heavy atom. The summed E-state index contributed by atoms with van der Waals surface area (Å²) in [6.07, 6.45) is 0. The molecule has 1 aromatic heterocycles. The predicted octanol–water partition coefficient (Wildman–Crippen LogP) is 3.83. The summed E-state index contributed by atoms with van der Waals surface area (Å²) in [7, 11) is 1.61. The van der Waals surface area contributed by atoms with E-state index in [2.05, 4.69) is 21.2 Å². The lowest BCUT2D eigenvalue weighted by Gasteiger charge is -2.09. The second kappa shape index (κ2) is 6.08. The molecule has 4 nitrogen and oxygen atoms in total. The van der Waals surface area contributed by atoms with E-state index in [-0.39, 0.29) is 0 Å². The number of benzene rings is 1. The Kier molecular flexibility index (Phi) is 4.44. The fourth-order valence-corrected chi connectivity index (χ4v) is 2.94. The van der Waals surface area contributed by atoms with Crippen molar-refractivity contribution >= 4 is 38.9 Å². The van der Waals surface area contributed by atoms with Gasteiger partial charge in [-0.2, -0.15) is 0 Å². The van der Waals surface area contributed by atoms with Crippen LogP contribution in [0, 0.1) is 0 Å². The lowest BCUT2D eigenvalue weighted by atomic mass is 10.2. The zero-order valence-corrected chi connectivity index (χ0v) is 12.5. The van der Waals surface area contributed by atoms with Gasteiger partial charge in [0.15, 0.2) is 0 Å². The van der Waals surface area contributed by atoms with E-state index >= 15 is 0 Å². The van der Waals surface area contributed by atoms with Crippen molar-refractivity contribution in [2.75, 3.05) is 12.4 Å². The van der Waals surface area contributed by atoms with E-state index in [9.17, 15) is 4.79 Å². The molecule has 2 rings (SSSR count). The maximum Gasteiger partial charge on any atom is 0.346 e. The topological polar surface area (TPSA) is 58.6 Å². The standard InChI is InChI=1S/C13H12BrNO3S/c1-18-11-3-2-9(6-10(11)14)15-7-8-4-5-19-12(8)13(16)17/h2-6,15H,7H2,1H3,(H,16,17). The molecule has 100 valence electrons. The molecule has 0 bridgehead atoms. The van der Waals surface area contributed by atoms with E-state index in [1.54, 1.807) is 12.5 Å². The predicted molar refractivity (Wildman–Crippen MR) is 79.3 cm³/mol. The molecular formula is C13H12BrNO3S. The van der Waals surface area contributed by atoms with Gasteiger partial charge in [0, 0.05) is 12.2 Å². The molecule has 2 N–H and O–H groups in total. The van der Waals surface area contributed by atoms with E-state index in [1.807, 2.05) is 24.3 Å². The third-order valence-corrected chi connectivity index (χ3v) is 4.14. The third kappa shape index (κ3) is 3.27. The van der Waals surface area contributed by atoms with Gasteiger partial charge in [0.05, 0.1) is 11.6 Å². The first-order valence-corrected chi connectivity index (χ1v) is 7.16. The van der Waals surface area contributed by atoms with Crippen LogP contribution in [0.15, 0.2) is 34.1 Å². The zero-order chi connectivity index (χ0) is 13.8. The minimum atomic E-state index is -0.886. The van der Waals surface area contributed by atoms with E-state index in [4.69, 9.17) is 9.84 Å². The largest absolute Gasteiger partial charge is 0.496 e. The number of thiophene rings is 1. The highest BCUT2D eigenvalue weighted by Crippen LogP contribution is 2.28. The van der Waals surface area contributed by atoms with Gasteiger partial charge in [-0.15, -0.1) is 11.3 Å². The van der Waals surface area contributed by atoms with Gasteiger partial charge >= 0.3 is 5.97 Å². The molecule has 19 heavy (non-hydrogen) atoms. The Labute approximate surface area is 123 Å². The smallest absolute Gasteiger partial charge is 0.346 e. The second-order valence-electron chi connectivity index (χ2n) is 3.78. The Morgan fingerprint density at radius 2 is 2.26 bits per heavy atom. The Morgan fingerprint density at radius 1 is 1.47 bits per heavy atom. The minimum absolute atomic E-state index is 0.375. The van der Waals surface area contributed by atoms with Gasteiger partial charge in [0.2, 0.25) is 0 Å². The fraction of sp³-hybridized carbons (Fsp3) is 0.154. The highest BCUT2D eigenvalue weighted by atomic mass is 79.9. The Bertz CT molecular complexity index is 597. The summed E-state index contributed by atoms with van der Waals surface area (Å²) < 4.78 is 6.00. The second-order valence-corrected chi connectivity index (χ2v) is 5.55. The first-order valence-electron chi connectivity index (χ1n) is 5.49. The lowest BCUT2D eigenvalue weighted by Crippen LogP contribution is -2.04. The van der Waals surface area contributed by atoms with Crippen LogP contribution in [0.1, 0.15) is 15.2 Å². The van der Waals surface area contributed by atoms with Crippen molar-refractivity contribution in [2.24, 2.45) is 0 Å². The number of methoxy groups -OCH3 is 1.